The van der Waals surface area contributed by atoms with Crippen LogP contribution in [0.4, 0.5) is 0 Å². The SMILES string of the molecule is C=CCOc1ccccc1C(=O)NNC(=S)NC(=O)CCC1CCCCC1. The van der Waals surface area contributed by atoms with Crippen LogP contribution in [-0.2, 0) is 4.79 Å². The van der Waals surface area contributed by atoms with Gasteiger partial charge in [-0.05, 0) is 36.7 Å². The van der Waals surface area contributed by atoms with Gasteiger partial charge in [0.25, 0.3) is 5.91 Å². The van der Waals surface area contributed by atoms with Crippen LogP contribution in [-0.4, -0.2) is 23.5 Å². The predicted octanol–water partition coefficient (Wildman–Crippen LogP) is 3.25. The normalized spacial score (nSPS) is 14.1. The quantitative estimate of drug-likeness (QED) is 0.379. The van der Waals surface area contributed by atoms with Crippen LogP contribution in [0.2, 0.25) is 0 Å². The molecule has 0 aromatic heterocycles. The topological polar surface area (TPSA) is 79.5 Å². The van der Waals surface area contributed by atoms with Crippen molar-refractivity contribution in [3.8, 4) is 5.75 Å². The van der Waals surface area contributed by atoms with Crippen LogP contribution in [0, 0.1) is 5.92 Å². The van der Waals surface area contributed by atoms with Crippen molar-refractivity contribution >= 4 is 29.1 Å². The first-order valence-corrected chi connectivity index (χ1v) is 9.74. The first kappa shape index (κ1) is 20.9. The van der Waals surface area contributed by atoms with E-state index in [-0.39, 0.29) is 11.0 Å². The van der Waals surface area contributed by atoms with Gasteiger partial charge >= 0.3 is 0 Å². The summed E-state index contributed by atoms with van der Waals surface area (Å²) in [6, 6.07) is 6.85. The van der Waals surface area contributed by atoms with Gasteiger partial charge in [0.15, 0.2) is 5.11 Å². The first-order chi connectivity index (χ1) is 13.1. The molecule has 2 amide bonds. The third kappa shape index (κ3) is 7.38. The molecular formula is C20H27N3O3S. The molecule has 0 heterocycles. The molecule has 1 aromatic rings. The number of amides is 2. The molecule has 0 saturated heterocycles. The zero-order valence-electron chi connectivity index (χ0n) is 15.5. The molecule has 7 heteroatoms. The van der Waals surface area contributed by atoms with Crippen LogP contribution >= 0.6 is 12.2 Å². The monoisotopic (exact) mass is 389 g/mol. The number of thiocarbonyl (C=S) groups is 1. The molecule has 0 radical (unpaired) electrons. The molecule has 3 N–H and O–H groups in total. The van der Waals surface area contributed by atoms with Gasteiger partial charge in [-0.2, -0.15) is 0 Å². The number of benzene rings is 1. The molecule has 1 aliphatic rings. The van der Waals surface area contributed by atoms with E-state index < -0.39 is 5.91 Å². The van der Waals surface area contributed by atoms with Gasteiger partial charge in [0, 0.05) is 6.42 Å². The van der Waals surface area contributed by atoms with Gasteiger partial charge in [0.2, 0.25) is 5.91 Å². The van der Waals surface area contributed by atoms with E-state index in [9.17, 15) is 9.59 Å². The molecule has 0 atom stereocenters. The first-order valence-electron chi connectivity index (χ1n) is 9.33. The zero-order valence-corrected chi connectivity index (χ0v) is 16.3. The van der Waals surface area contributed by atoms with Crippen LogP contribution < -0.4 is 20.9 Å². The standard InChI is InChI=1S/C20H27N3O3S/c1-2-14-26-17-11-7-6-10-16(17)19(25)22-23-20(27)21-18(24)13-12-15-8-4-3-5-9-15/h2,6-7,10-11,15H,1,3-5,8-9,12-14H2,(H,22,25)(H2,21,23,24,27). The summed E-state index contributed by atoms with van der Waals surface area (Å²) in [4.78, 5) is 24.3. The lowest BCUT2D eigenvalue weighted by atomic mass is 9.86. The zero-order chi connectivity index (χ0) is 19.5. The third-order valence-corrected chi connectivity index (χ3v) is 4.74. The Balaban J connectivity index is 1.73. The Labute approximate surface area is 165 Å². The second-order valence-corrected chi connectivity index (χ2v) is 7.00. The van der Waals surface area contributed by atoms with Gasteiger partial charge in [0.05, 0.1) is 5.56 Å². The Morgan fingerprint density at radius 2 is 1.93 bits per heavy atom. The van der Waals surface area contributed by atoms with Crippen molar-refractivity contribution in [3.63, 3.8) is 0 Å². The van der Waals surface area contributed by atoms with Crippen LogP contribution in [0.3, 0.4) is 0 Å². The number of para-hydroxylation sites is 1. The highest BCUT2D eigenvalue weighted by atomic mass is 32.1. The molecule has 0 bridgehead atoms. The molecule has 0 unspecified atom stereocenters. The maximum absolute atomic E-state index is 12.3. The van der Waals surface area contributed by atoms with Gasteiger partial charge in [-0.15, -0.1) is 0 Å². The second kappa shape index (κ2) is 11.3. The number of hydrogen-bond acceptors (Lipinski definition) is 4. The van der Waals surface area contributed by atoms with Gasteiger partial charge in [-0.3, -0.25) is 20.4 Å². The van der Waals surface area contributed by atoms with Crippen LogP contribution in [0.5, 0.6) is 5.75 Å². The maximum atomic E-state index is 12.3. The highest BCUT2D eigenvalue weighted by molar-refractivity contribution is 7.80. The molecule has 2 rings (SSSR count). The Morgan fingerprint density at radius 1 is 1.19 bits per heavy atom. The summed E-state index contributed by atoms with van der Waals surface area (Å²) in [5.41, 5.74) is 5.39. The predicted molar refractivity (Wildman–Crippen MR) is 109 cm³/mol. The minimum Gasteiger partial charge on any atom is -0.489 e. The van der Waals surface area contributed by atoms with E-state index >= 15 is 0 Å². The average molecular weight is 390 g/mol. The Kier molecular flexibility index (Phi) is 8.77. The van der Waals surface area contributed by atoms with E-state index in [2.05, 4.69) is 22.7 Å². The fraction of sp³-hybridized carbons (Fsp3) is 0.450. The largest absolute Gasteiger partial charge is 0.489 e. The highest BCUT2D eigenvalue weighted by Crippen LogP contribution is 2.27. The lowest BCUT2D eigenvalue weighted by Gasteiger charge is -2.21. The molecular weight excluding hydrogens is 362 g/mol. The summed E-state index contributed by atoms with van der Waals surface area (Å²) in [5.74, 6) is 0.535. The molecule has 1 aliphatic carbocycles. The molecule has 0 aliphatic heterocycles. The maximum Gasteiger partial charge on any atom is 0.273 e. The molecule has 1 saturated carbocycles. The van der Waals surface area contributed by atoms with Gasteiger partial charge in [0.1, 0.15) is 12.4 Å². The van der Waals surface area contributed by atoms with E-state index in [0.717, 1.165) is 6.42 Å². The highest BCUT2D eigenvalue weighted by Gasteiger charge is 2.16. The lowest BCUT2D eigenvalue weighted by molar-refractivity contribution is -0.120. The average Bonchev–Trinajstić information content (AvgIpc) is 2.70. The van der Waals surface area contributed by atoms with Crippen molar-refractivity contribution in [1.29, 1.82) is 0 Å². The summed E-state index contributed by atoms with van der Waals surface area (Å²) in [6.07, 6.45) is 9.17. The summed E-state index contributed by atoms with van der Waals surface area (Å²) < 4.78 is 5.46. The Hall–Kier alpha value is -2.41. The van der Waals surface area contributed by atoms with Crippen LogP contribution in [0.15, 0.2) is 36.9 Å². The van der Waals surface area contributed by atoms with Crippen molar-refractivity contribution in [2.75, 3.05) is 6.61 Å². The third-order valence-electron chi connectivity index (χ3n) is 4.54. The van der Waals surface area contributed by atoms with E-state index in [4.69, 9.17) is 17.0 Å². The second-order valence-electron chi connectivity index (χ2n) is 6.59. The molecule has 1 aromatic carbocycles. The number of ether oxygens (including phenoxy) is 1. The van der Waals surface area contributed by atoms with Crippen molar-refractivity contribution in [1.82, 2.24) is 16.2 Å². The van der Waals surface area contributed by atoms with Gasteiger partial charge in [-0.25, -0.2) is 0 Å². The van der Waals surface area contributed by atoms with E-state index in [1.54, 1.807) is 30.3 Å². The van der Waals surface area contributed by atoms with Crippen LogP contribution in [0.1, 0.15) is 55.3 Å². The minimum absolute atomic E-state index is 0.0708. The number of hydrazine groups is 1. The fourth-order valence-electron chi connectivity index (χ4n) is 3.14. The molecule has 27 heavy (non-hydrogen) atoms. The number of carbonyl (C=O) groups is 2. The van der Waals surface area contributed by atoms with Crippen molar-refractivity contribution in [2.45, 2.75) is 44.9 Å². The van der Waals surface area contributed by atoms with Crippen molar-refractivity contribution < 1.29 is 14.3 Å². The smallest absolute Gasteiger partial charge is 0.273 e. The Bertz CT molecular complexity index is 672. The minimum atomic E-state index is -0.409. The molecule has 0 spiro atoms. The van der Waals surface area contributed by atoms with Gasteiger partial charge in [-0.1, -0.05) is 56.9 Å². The molecule has 146 valence electrons. The molecule has 6 nitrogen and oxygen atoms in total. The summed E-state index contributed by atoms with van der Waals surface area (Å²) in [5, 5.41) is 2.67. The van der Waals surface area contributed by atoms with Crippen molar-refractivity contribution in [3.05, 3.63) is 42.5 Å². The summed E-state index contributed by atoms with van der Waals surface area (Å²) >= 11 is 5.07. The van der Waals surface area contributed by atoms with Gasteiger partial charge < -0.3 is 10.1 Å². The van der Waals surface area contributed by atoms with E-state index in [1.165, 1.54) is 32.1 Å². The molecule has 1 fully saturated rings. The number of hydrogen-bond donors (Lipinski definition) is 3. The van der Waals surface area contributed by atoms with E-state index in [1.807, 2.05) is 0 Å². The number of rotatable bonds is 7. The lowest BCUT2D eigenvalue weighted by Crippen LogP contribution is -2.48. The fourth-order valence-corrected chi connectivity index (χ4v) is 3.31. The van der Waals surface area contributed by atoms with E-state index in [0.29, 0.717) is 30.3 Å². The van der Waals surface area contributed by atoms with Crippen molar-refractivity contribution in [2.24, 2.45) is 5.92 Å². The number of carbonyl (C=O) groups excluding carboxylic acids is 2. The summed E-state index contributed by atoms with van der Waals surface area (Å²) in [6.45, 7) is 3.89. The van der Waals surface area contributed by atoms with Crippen LogP contribution in [0.25, 0.3) is 0 Å². The summed E-state index contributed by atoms with van der Waals surface area (Å²) in [7, 11) is 0. The Morgan fingerprint density at radius 3 is 2.67 bits per heavy atom. The number of nitrogens with one attached hydrogen (secondary N) is 3.